The molecule has 27 heavy (non-hydrogen) atoms. The highest BCUT2D eigenvalue weighted by Crippen LogP contribution is 2.18. The van der Waals surface area contributed by atoms with Crippen molar-refractivity contribution in [1.82, 2.24) is 25.3 Å². The van der Waals surface area contributed by atoms with E-state index in [1.54, 1.807) is 0 Å². The third kappa shape index (κ3) is 7.96. The summed E-state index contributed by atoms with van der Waals surface area (Å²) in [5.41, 5.74) is 0. The van der Waals surface area contributed by atoms with Gasteiger partial charge in [-0.1, -0.05) is 27.2 Å². The summed E-state index contributed by atoms with van der Waals surface area (Å²) in [4.78, 5) is 12.2. The van der Waals surface area contributed by atoms with E-state index in [9.17, 15) is 0 Å². The first-order valence-corrected chi connectivity index (χ1v) is 11.3. The largest absolute Gasteiger partial charge is 0.356 e. The lowest BCUT2D eigenvalue weighted by Gasteiger charge is -2.35. The quantitative estimate of drug-likeness (QED) is 0.471. The Labute approximate surface area is 167 Å². The van der Waals surface area contributed by atoms with Gasteiger partial charge >= 0.3 is 0 Å². The predicted octanol–water partition coefficient (Wildman–Crippen LogP) is 1.69. The van der Waals surface area contributed by atoms with Gasteiger partial charge < -0.3 is 20.4 Å². The number of nitrogens with one attached hydrogen (secondary N) is 2. The summed E-state index contributed by atoms with van der Waals surface area (Å²) >= 11 is 0. The molecule has 0 amide bonds. The molecule has 2 rings (SSSR count). The summed E-state index contributed by atoms with van der Waals surface area (Å²) in [6, 6.07) is 0.781. The van der Waals surface area contributed by atoms with E-state index in [2.05, 4.69) is 51.1 Å². The molecule has 2 unspecified atom stereocenters. The molecule has 6 heteroatoms. The van der Waals surface area contributed by atoms with Crippen LogP contribution < -0.4 is 10.6 Å². The van der Waals surface area contributed by atoms with Crippen LogP contribution in [0.2, 0.25) is 0 Å². The maximum atomic E-state index is 4.41. The molecule has 6 nitrogen and oxygen atoms in total. The molecule has 2 saturated heterocycles. The Morgan fingerprint density at radius 3 is 2.44 bits per heavy atom. The Hall–Kier alpha value is -0.850. The van der Waals surface area contributed by atoms with E-state index in [0.29, 0.717) is 5.92 Å². The van der Waals surface area contributed by atoms with Gasteiger partial charge in [0, 0.05) is 65.4 Å². The molecule has 2 aliphatic rings. The van der Waals surface area contributed by atoms with Crippen molar-refractivity contribution >= 4 is 5.96 Å². The first kappa shape index (κ1) is 22.4. The lowest BCUT2D eigenvalue weighted by atomic mass is 10.0. The van der Waals surface area contributed by atoms with Crippen molar-refractivity contribution in [2.45, 2.75) is 52.5 Å². The Morgan fingerprint density at radius 2 is 1.78 bits per heavy atom. The fraction of sp³-hybridized carbons (Fsp3) is 0.952. The summed E-state index contributed by atoms with van der Waals surface area (Å²) in [5.74, 6) is 1.58. The van der Waals surface area contributed by atoms with Gasteiger partial charge in [0.15, 0.2) is 5.96 Å². The maximum absolute atomic E-state index is 4.41. The predicted molar refractivity (Wildman–Crippen MR) is 117 cm³/mol. The number of rotatable bonds is 9. The topological polar surface area (TPSA) is 46.1 Å². The fourth-order valence-corrected chi connectivity index (χ4v) is 4.42. The second-order valence-corrected chi connectivity index (χ2v) is 8.31. The van der Waals surface area contributed by atoms with Gasteiger partial charge in [-0.2, -0.15) is 0 Å². The van der Waals surface area contributed by atoms with Crippen molar-refractivity contribution in [3.63, 3.8) is 0 Å². The Bertz CT molecular complexity index is 419. The van der Waals surface area contributed by atoms with Crippen LogP contribution in [-0.4, -0.2) is 99.2 Å². The van der Waals surface area contributed by atoms with Gasteiger partial charge in [-0.25, -0.2) is 0 Å². The van der Waals surface area contributed by atoms with Crippen molar-refractivity contribution in [3.8, 4) is 0 Å². The highest BCUT2D eigenvalue weighted by atomic mass is 15.3. The molecule has 0 aliphatic carbocycles. The van der Waals surface area contributed by atoms with Crippen LogP contribution in [0.15, 0.2) is 4.99 Å². The highest BCUT2D eigenvalue weighted by Gasteiger charge is 2.20. The molecule has 0 bridgehead atoms. The molecule has 2 aliphatic heterocycles. The molecule has 2 heterocycles. The standard InChI is InChI=1S/C21H44N6/c1-5-20-9-7-8-11-27(20)12-10-23-21(22-4)24-17-19(3)18-26-15-13-25(6-2)14-16-26/h19-20H,5-18H2,1-4H3,(H2,22,23,24). The average molecular weight is 381 g/mol. The minimum atomic E-state index is 0.628. The van der Waals surface area contributed by atoms with Crippen molar-refractivity contribution in [2.75, 3.05) is 72.5 Å². The van der Waals surface area contributed by atoms with Crippen molar-refractivity contribution in [2.24, 2.45) is 10.9 Å². The molecule has 0 aromatic rings. The van der Waals surface area contributed by atoms with Gasteiger partial charge in [-0.15, -0.1) is 0 Å². The van der Waals surface area contributed by atoms with Crippen LogP contribution >= 0.6 is 0 Å². The van der Waals surface area contributed by atoms with E-state index in [0.717, 1.165) is 31.6 Å². The summed E-state index contributed by atoms with van der Waals surface area (Å²) in [6.07, 6.45) is 5.40. The zero-order chi connectivity index (χ0) is 19.5. The summed E-state index contributed by atoms with van der Waals surface area (Å²) in [7, 11) is 1.87. The smallest absolute Gasteiger partial charge is 0.191 e. The van der Waals surface area contributed by atoms with Gasteiger partial charge in [0.2, 0.25) is 0 Å². The van der Waals surface area contributed by atoms with Gasteiger partial charge in [0.05, 0.1) is 0 Å². The molecule has 2 N–H and O–H groups in total. The third-order valence-electron chi connectivity index (χ3n) is 6.24. The lowest BCUT2D eigenvalue weighted by Crippen LogP contribution is -2.49. The van der Waals surface area contributed by atoms with E-state index in [1.165, 1.54) is 71.5 Å². The molecule has 0 aromatic heterocycles. The Kier molecular flexibility index (Phi) is 10.5. The first-order chi connectivity index (χ1) is 13.2. The second kappa shape index (κ2) is 12.6. The number of piperazine rings is 1. The van der Waals surface area contributed by atoms with E-state index < -0.39 is 0 Å². The van der Waals surface area contributed by atoms with E-state index in [1.807, 2.05) is 7.05 Å². The SMILES string of the molecule is CCC1CCCCN1CCNC(=NC)NCC(C)CN1CCN(CC)CC1. The van der Waals surface area contributed by atoms with Crippen LogP contribution in [0.5, 0.6) is 0 Å². The van der Waals surface area contributed by atoms with Crippen LogP contribution in [0.1, 0.15) is 46.5 Å². The fourth-order valence-electron chi connectivity index (χ4n) is 4.42. The summed E-state index contributed by atoms with van der Waals surface area (Å²) in [6.45, 7) is 18.5. The first-order valence-electron chi connectivity index (χ1n) is 11.3. The highest BCUT2D eigenvalue weighted by molar-refractivity contribution is 5.79. The molecule has 2 fully saturated rings. The van der Waals surface area contributed by atoms with Gasteiger partial charge in [0.25, 0.3) is 0 Å². The molecule has 158 valence electrons. The van der Waals surface area contributed by atoms with E-state index in [4.69, 9.17) is 0 Å². The minimum absolute atomic E-state index is 0.628. The minimum Gasteiger partial charge on any atom is -0.356 e. The zero-order valence-corrected chi connectivity index (χ0v) is 18.3. The van der Waals surface area contributed by atoms with Crippen LogP contribution in [0.25, 0.3) is 0 Å². The summed E-state index contributed by atoms with van der Waals surface area (Å²) in [5, 5.41) is 7.04. The van der Waals surface area contributed by atoms with E-state index in [-0.39, 0.29) is 0 Å². The van der Waals surface area contributed by atoms with Crippen molar-refractivity contribution < 1.29 is 0 Å². The molecule has 2 atom stereocenters. The van der Waals surface area contributed by atoms with Crippen LogP contribution in [0, 0.1) is 5.92 Å². The normalized spacial score (nSPS) is 24.7. The molecular weight excluding hydrogens is 336 g/mol. The summed E-state index contributed by atoms with van der Waals surface area (Å²) < 4.78 is 0. The number of hydrogen-bond acceptors (Lipinski definition) is 4. The van der Waals surface area contributed by atoms with Crippen LogP contribution in [0.3, 0.4) is 0 Å². The number of aliphatic imine (C=N–C) groups is 1. The van der Waals surface area contributed by atoms with Crippen molar-refractivity contribution in [1.29, 1.82) is 0 Å². The van der Waals surface area contributed by atoms with Crippen molar-refractivity contribution in [3.05, 3.63) is 0 Å². The Balaban J connectivity index is 1.60. The number of nitrogens with zero attached hydrogens (tertiary/aromatic N) is 4. The molecule has 0 saturated carbocycles. The molecule has 0 radical (unpaired) electrons. The second-order valence-electron chi connectivity index (χ2n) is 8.31. The van der Waals surface area contributed by atoms with E-state index >= 15 is 0 Å². The van der Waals surface area contributed by atoms with Gasteiger partial charge in [-0.05, 0) is 38.3 Å². The zero-order valence-electron chi connectivity index (χ0n) is 18.3. The van der Waals surface area contributed by atoms with Gasteiger partial charge in [0.1, 0.15) is 0 Å². The number of piperidine rings is 1. The number of likely N-dealkylation sites (tertiary alicyclic amines) is 1. The van der Waals surface area contributed by atoms with Gasteiger partial charge in [-0.3, -0.25) is 9.89 Å². The molecule has 0 aromatic carbocycles. The average Bonchev–Trinajstić information content (AvgIpc) is 2.71. The number of hydrogen-bond donors (Lipinski definition) is 2. The lowest BCUT2D eigenvalue weighted by molar-refractivity contribution is 0.124. The maximum Gasteiger partial charge on any atom is 0.191 e. The molecular formula is C21H44N6. The Morgan fingerprint density at radius 1 is 1.04 bits per heavy atom. The van der Waals surface area contributed by atoms with Crippen LogP contribution in [-0.2, 0) is 0 Å². The third-order valence-corrected chi connectivity index (χ3v) is 6.24. The number of likely N-dealkylation sites (N-methyl/N-ethyl adjacent to an activating group) is 1. The monoisotopic (exact) mass is 380 g/mol. The van der Waals surface area contributed by atoms with Crippen LogP contribution in [0.4, 0.5) is 0 Å². The molecule has 0 spiro atoms. The number of guanidine groups is 1.